The summed E-state index contributed by atoms with van der Waals surface area (Å²) in [6, 6.07) is 8.51. The maximum absolute atomic E-state index is 11.8. The molecule has 0 radical (unpaired) electrons. The van der Waals surface area contributed by atoms with Gasteiger partial charge in [-0.3, -0.25) is 14.9 Å². The van der Waals surface area contributed by atoms with Crippen LogP contribution in [0.3, 0.4) is 0 Å². The highest BCUT2D eigenvalue weighted by molar-refractivity contribution is 9.10. The number of aromatic nitrogens is 1. The Morgan fingerprint density at radius 2 is 2.18 bits per heavy atom. The fourth-order valence-electron chi connectivity index (χ4n) is 1.69. The van der Waals surface area contributed by atoms with Gasteiger partial charge in [-0.15, -0.1) is 0 Å². The van der Waals surface area contributed by atoms with Crippen molar-refractivity contribution in [3.63, 3.8) is 0 Å². The van der Waals surface area contributed by atoms with Crippen LogP contribution in [0.4, 0.5) is 11.5 Å². The van der Waals surface area contributed by atoms with Crippen LogP contribution in [0.2, 0.25) is 0 Å². The number of rotatable bonds is 5. The van der Waals surface area contributed by atoms with Crippen LogP contribution in [0.25, 0.3) is 0 Å². The number of hydrogen-bond donors (Lipinski definition) is 1. The Kier molecular flexibility index (Phi) is 5.05. The number of nitrogens with zero attached hydrogens (tertiary/aromatic N) is 2. The minimum atomic E-state index is -0.616. The molecule has 0 aliphatic heterocycles. The summed E-state index contributed by atoms with van der Waals surface area (Å²) in [6.45, 7) is 1.59. The van der Waals surface area contributed by atoms with Gasteiger partial charge in [-0.05, 0) is 34.5 Å². The van der Waals surface area contributed by atoms with Crippen molar-refractivity contribution in [1.29, 1.82) is 0 Å². The van der Waals surface area contributed by atoms with Crippen LogP contribution in [0.5, 0.6) is 5.75 Å². The summed E-state index contributed by atoms with van der Waals surface area (Å²) >= 11 is 3.10. The van der Waals surface area contributed by atoms with Crippen molar-refractivity contribution in [3.05, 3.63) is 56.7 Å². The first-order valence-corrected chi connectivity index (χ1v) is 7.05. The SMILES string of the molecule is Cc1ccccc1OCC(=O)Nc1ncc(Br)cc1[N+](=O)[O-]. The molecule has 1 aromatic heterocycles. The minimum absolute atomic E-state index is 0.119. The first-order valence-electron chi connectivity index (χ1n) is 6.25. The Bertz CT molecular complexity index is 721. The summed E-state index contributed by atoms with van der Waals surface area (Å²) in [5.74, 6) is -0.0660. The minimum Gasteiger partial charge on any atom is -0.483 e. The third kappa shape index (κ3) is 4.01. The lowest BCUT2D eigenvalue weighted by atomic mass is 10.2. The van der Waals surface area contributed by atoms with Crippen molar-refractivity contribution in [1.82, 2.24) is 4.98 Å². The van der Waals surface area contributed by atoms with Crippen LogP contribution < -0.4 is 10.1 Å². The van der Waals surface area contributed by atoms with Crippen LogP contribution in [-0.4, -0.2) is 22.4 Å². The maximum Gasteiger partial charge on any atom is 0.312 e. The number of carbonyl (C=O) groups excluding carboxylic acids is 1. The molecule has 2 aromatic rings. The quantitative estimate of drug-likeness (QED) is 0.648. The number of pyridine rings is 1. The zero-order chi connectivity index (χ0) is 16.1. The molecular formula is C14H12BrN3O4. The number of aryl methyl sites for hydroxylation is 1. The van der Waals surface area contributed by atoms with Gasteiger partial charge in [0.1, 0.15) is 5.75 Å². The molecule has 0 saturated carbocycles. The van der Waals surface area contributed by atoms with Crippen LogP contribution in [0.15, 0.2) is 41.0 Å². The number of carbonyl (C=O) groups is 1. The molecule has 8 heteroatoms. The fourth-order valence-corrected chi connectivity index (χ4v) is 2.01. The second-order valence-corrected chi connectivity index (χ2v) is 5.30. The number of halogens is 1. The lowest BCUT2D eigenvalue weighted by molar-refractivity contribution is -0.384. The van der Waals surface area contributed by atoms with Gasteiger partial charge in [-0.25, -0.2) is 4.98 Å². The van der Waals surface area contributed by atoms with Crippen LogP contribution in [0.1, 0.15) is 5.56 Å². The molecule has 1 amide bonds. The monoisotopic (exact) mass is 365 g/mol. The Morgan fingerprint density at radius 3 is 2.86 bits per heavy atom. The molecule has 2 rings (SSSR count). The van der Waals surface area contributed by atoms with Gasteiger partial charge in [-0.2, -0.15) is 0 Å². The van der Waals surface area contributed by atoms with Crippen molar-refractivity contribution < 1.29 is 14.5 Å². The molecule has 7 nitrogen and oxygen atoms in total. The predicted molar refractivity (Wildman–Crippen MR) is 83.9 cm³/mol. The van der Waals surface area contributed by atoms with Gasteiger partial charge in [0.25, 0.3) is 5.91 Å². The second kappa shape index (κ2) is 6.99. The molecule has 0 aliphatic carbocycles. The van der Waals surface area contributed by atoms with Crippen molar-refractivity contribution in [2.45, 2.75) is 6.92 Å². The number of amides is 1. The third-order valence-corrected chi connectivity index (χ3v) is 3.17. The summed E-state index contributed by atoms with van der Waals surface area (Å²) in [4.78, 5) is 26.0. The van der Waals surface area contributed by atoms with Crippen molar-refractivity contribution in [2.75, 3.05) is 11.9 Å². The number of nitrogens with one attached hydrogen (secondary N) is 1. The fraction of sp³-hybridized carbons (Fsp3) is 0.143. The molecule has 0 bridgehead atoms. The van der Waals surface area contributed by atoms with E-state index in [0.717, 1.165) is 5.56 Å². The molecule has 1 heterocycles. The smallest absolute Gasteiger partial charge is 0.312 e. The van der Waals surface area contributed by atoms with E-state index in [0.29, 0.717) is 10.2 Å². The van der Waals surface area contributed by atoms with Crippen LogP contribution in [-0.2, 0) is 4.79 Å². The van der Waals surface area contributed by atoms with Gasteiger partial charge in [0.05, 0.1) is 4.92 Å². The first-order chi connectivity index (χ1) is 10.5. The van der Waals surface area contributed by atoms with Gasteiger partial charge in [-0.1, -0.05) is 18.2 Å². The zero-order valence-corrected chi connectivity index (χ0v) is 13.2. The van der Waals surface area contributed by atoms with Crippen molar-refractivity contribution >= 4 is 33.3 Å². The number of nitro groups is 1. The topological polar surface area (TPSA) is 94.4 Å². The standard InChI is InChI=1S/C14H12BrN3O4/c1-9-4-2-3-5-12(9)22-8-13(19)17-14-11(18(20)21)6-10(15)7-16-14/h2-7H,8H2,1H3,(H,16,17,19). The van der Waals surface area contributed by atoms with Gasteiger partial charge in [0, 0.05) is 16.7 Å². The molecule has 1 aromatic carbocycles. The Morgan fingerprint density at radius 1 is 1.45 bits per heavy atom. The largest absolute Gasteiger partial charge is 0.483 e. The number of ether oxygens (including phenoxy) is 1. The predicted octanol–water partition coefficient (Wildman–Crippen LogP) is 3.08. The molecule has 0 atom stereocenters. The molecule has 0 fully saturated rings. The van der Waals surface area contributed by atoms with Crippen molar-refractivity contribution in [2.24, 2.45) is 0 Å². The van der Waals surface area contributed by atoms with E-state index in [1.807, 2.05) is 19.1 Å². The summed E-state index contributed by atoms with van der Waals surface area (Å²) in [5.41, 5.74) is 0.599. The number of hydrogen-bond acceptors (Lipinski definition) is 5. The lowest BCUT2D eigenvalue weighted by Crippen LogP contribution is -2.21. The van der Waals surface area contributed by atoms with E-state index in [1.165, 1.54) is 12.3 Å². The summed E-state index contributed by atoms with van der Waals surface area (Å²) in [6.07, 6.45) is 1.37. The second-order valence-electron chi connectivity index (χ2n) is 4.38. The molecule has 22 heavy (non-hydrogen) atoms. The maximum atomic E-state index is 11.8. The van der Waals surface area contributed by atoms with Crippen molar-refractivity contribution in [3.8, 4) is 5.75 Å². The average Bonchev–Trinajstić information content (AvgIpc) is 2.48. The Balaban J connectivity index is 2.04. The van der Waals surface area contributed by atoms with E-state index in [-0.39, 0.29) is 18.1 Å². The van der Waals surface area contributed by atoms with Crippen LogP contribution in [0, 0.1) is 17.0 Å². The highest BCUT2D eigenvalue weighted by atomic mass is 79.9. The number of benzene rings is 1. The lowest BCUT2D eigenvalue weighted by Gasteiger charge is -2.09. The summed E-state index contributed by atoms with van der Waals surface area (Å²) in [7, 11) is 0. The van der Waals surface area contributed by atoms with Gasteiger partial charge < -0.3 is 10.1 Å². The molecular weight excluding hydrogens is 354 g/mol. The summed E-state index contributed by atoms with van der Waals surface area (Å²) < 4.78 is 5.83. The molecule has 0 unspecified atom stereocenters. The summed E-state index contributed by atoms with van der Waals surface area (Å²) in [5, 5.41) is 13.3. The van der Waals surface area contributed by atoms with Crippen LogP contribution >= 0.6 is 15.9 Å². The van der Waals surface area contributed by atoms with E-state index >= 15 is 0 Å². The molecule has 0 aliphatic rings. The molecule has 1 N–H and O–H groups in total. The normalized spacial score (nSPS) is 10.1. The van der Waals surface area contributed by atoms with E-state index in [1.54, 1.807) is 12.1 Å². The zero-order valence-electron chi connectivity index (χ0n) is 11.6. The van der Waals surface area contributed by atoms with E-state index < -0.39 is 10.8 Å². The van der Waals surface area contributed by atoms with E-state index in [9.17, 15) is 14.9 Å². The van der Waals surface area contributed by atoms with E-state index in [2.05, 4.69) is 26.2 Å². The Hall–Kier alpha value is -2.48. The number of para-hydroxylation sites is 1. The van der Waals surface area contributed by atoms with Gasteiger partial charge in [0.2, 0.25) is 5.82 Å². The molecule has 0 saturated heterocycles. The molecule has 114 valence electrons. The van der Waals surface area contributed by atoms with Gasteiger partial charge >= 0.3 is 5.69 Å². The average molecular weight is 366 g/mol. The highest BCUT2D eigenvalue weighted by Gasteiger charge is 2.18. The number of anilines is 1. The Labute approximate surface area is 134 Å². The van der Waals surface area contributed by atoms with E-state index in [4.69, 9.17) is 4.74 Å². The van der Waals surface area contributed by atoms with Gasteiger partial charge in [0.15, 0.2) is 6.61 Å². The molecule has 0 spiro atoms. The highest BCUT2D eigenvalue weighted by Crippen LogP contribution is 2.25. The first kappa shape index (κ1) is 15.9. The third-order valence-electron chi connectivity index (χ3n) is 2.74.